The Labute approximate surface area is 127 Å². The molecule has 1 aromatic carbocycles. The zero-order chi connectivity index (χ0) is 16.3. The number of benzene rings is 1. The Bertz CT molecular complexity index is 516. The van der Waals surface area contributed by atoms with Crippen molar-refractivity contribution in [2.75, 3.05) is 26.2 Å². The summed E-state index contributed by atoms with van der Waals surface area (Å²) in [5, 5.41) is 0. The summed E-state index contributed by atoms with van der Waals surface area (Å²) in [5.74, 6) is -0.151. The Hall–Kier alpha value is -1.60. The van der Waals surface area contributed by atoms with E-state index in [2.05, 4.69) is 0 Å². The van der Waals surface area contributed by atoms with Crippen LogP contribution in [0.4, 0.5) is 13.2 Å². The molecule has 1 heterocycles. The van der Waals surface area contributed by atoms with Gasteiger partial charge in [0.25, 0.3) is 5.91 Å². The van der Waals surface area contributed by atoms with Gasteiger partial charge < -0.3 is 10.6 Å². The van der Waals surface area contributed by atoms with E-state index >= 15 is 0 Å². The molecule has 0 saturated carbocycles. The Balaban J connectivity index is 1.98. The Morgan fingerprint density at radius 2 is 1.91 bits per heavy atom. The molecule has 0 aromatic heterocycles. The van der Waals surface area contributed by atoms with E-state index < -0.39 is 12.7 Å². The van der Waals surface area contributed by atoms with Crippen LogP contribution in [-0.2, 0) is 6.54 Å². The lowest BCUT2D eigenvalue weighted by molar-refractivity contribution is -0.153. The predicted octanol–water partition coefficient (Wildman–Crippen LogP) is 1.85. The molecule has 0 radical (unpaired) electrons. The molecule has 1 saturated heterocycles. The fraction of sp³-hybridized carbons (Fsp3) is 0.533. The van der Waals surface area contributed by atoms with E-state index in [0.717, 1.165) is 5.56 Å². The summed E-state index contributed by atoms with van der Waals surface area (Å²) in [6, 6.07) is 6.67. The largest absolute Gasteiger partial charge is 0.401 e. The van der Waals surface area contributed by atoms with Crippen LogP contribution < -0.4 is 5.73 Å². The number of nitrogens with two attached hydrogens (primary N) is 1. The van der Waals surface area contributed by atoms with Gasteiger partial charge in [-0.05, 0) is 24.6 Å². The maximum Gasteiger partial charge on any atom is 0.401 e. The number of carbonyl (C=O) groups is 1. The second kappa shape index (κ2) is 6.66. The highest BCUT2D eigenvalue weighted by Gasteiger charge is 2.36. The Kier molecular flexibility index (Phi) is 5.08. The van der Waals surface area contributed by atoms with E-state index in [4.69, 9.17) is 5.73 Å². The third-order valence-electron chi connectivity index (χ3n) is 3.87. The highest BCUT2D eigenvalue weighted by molar-refractivity contribution is 5.94. The van der Waals surface area contributed by atoms with E-state index in [0.29, 0.717) is 25.2 Å². The molecule has 7 heteroatoms. The monoisotopic (exact) mass is 315 g/mol. The van der Waals surface area contributed by atoms with Gasteiger partial charge in [-0.15, -0.1) is 0 Å². The van der Waals surface area contributed by atoms with Gasteiger partial charge in [-0.3, -0.25) is 9.69 Å². The summed E-state index contributed by atoms with van der Waals surface area (Å²) in [7, 11) is 0. The van der Waals surface area contributed by atoms with Crippen molar-refractivity contribution in [3.63, 3.8) is 0 Å². The maximum absolute atomic E-state index is 12.5. The molecule has 1 atom stereocenters. The Morgan fingerprint density at radius 3 is 2.41 bits per heavy atom. The van der Waals surface area contributed by atoms with Crippen molar-refractivity contribution in [2.45, 2.75) is 25.7 Å². The van der Waals surface area contributed by atoms with Crippen LogP contribution in [0.2, 0.25) is 0 Å². The van der Waals surface area contributed by atoms with Crippen LogP contribution in [0.3, 0.4) is 0 Å². The molecule has 0 bridgehead atoms. The number of piperazine rings is 1. The first-order chi connectivity index (χ1) is 10.3. The summed E-state index contributed by atoms with van der Waals surface area (Å²) in [6.07, 6.45) is -4.21. The number of alkyl halides is 3. The number of rotatable bonds is 3. The Morgan fingerprint density at radius 1 is 1.27 bits per heavy atom. The molecule has 0 aliphatic carbocycles. The average molecular weight is 315 g/mol. The van der Waals surface area contributed by atoms with Crippen molar-refractivity contribution in [3.05, 3.63) is 35.4 Å². The standard InChI is InChI=1S/C15H20F3N3O/c1-11-9-20(6-7-21(11)10-15(16,17)18)14(22)13-4-2-12(8-19)3-5-13/h2-5,11H,6-10,19H2,1H3. The van der Waals surface area contributed by atoms with Crippen molar-refractivity contribution >= 4 is 5.91 Å². The molecule has 1 aromatic rings. The lowest BCUT2D eigenvalue weighted by atomic mass is 10.1. The van der Waals surface area contributed by atoms with Gasteiger partial charge in [0.15, 0.2) is 0 Å². The smallest absolute Gasteiger partial charge is 0.336 e. The molecule has 2 N–H and O–H groups in total. The fourth-order valence-corrected chi connectivity index (χ4v) is 2.61. The van der Waals surface area contributed by atoms with E-state index in [-0.39, 0.29) is 18.5 Å². The predicted molar refractivity (Wildman–Crippen MR) is 77.3 cm³/mol. The fourth-order valence-electron chi connectivity index (χ4n) is 2.61. The minimum absolute atomic E-state index is 0.151. The first-order valence-electron chi connectivity index (χ1n) is 7.19. The third-order valence-corrected chi connectivity index (χ3v) is 3.87. The second-order valence-corrected chi connectivity index (χ2v) is 5.59. The highest BCUT2D eigenvalue weighted by Crippen LogP contribution is 2.21. The van der Waals surface area contributed by atoms with Crippen LogP contribution in [0.25, 0.3) is 0 Å². The quantitative estimate of drug-likeness (QED) is 0.926. The van der Waals surface area contributed by atoms with Gasteiger partial charge in [-0.2, -0.15) is 13.2 Å². The van der Waals surface area contributed by atoms with E-state index in [1.165, 1.54) is 4.90 Å². The van der Waals surface area contributed by atoms with Gasteiger partial charge in [0, 0.05) is 37.8 Å². The maximum atomic E-state index is 12.5. The number of hydrogen-bond acceptors (Lipinski definition) is 3. The highest BCUT2D eigenvalue weighted by atomic mass is 19.4. The van der Waals surface area contributed by atoms with Gasteiger partial charge in [0.05, 0.1) is 6.54 Å². The third kappa shape index (κ3) is 4.20. The summed E-state index contributed by atoms with van der Waals surface area (Å²) in [4.78, 5) is 15.4. The molecule has 1 fully saturated rings. The van der Waals surface area contributed by atoms with Crippen LogP contribution >= 0.6 is 0 Å². The van der Waals surface area contributed by atoms with Crippen molar-refractivity contribution in [1.29, 1.82) is 0 Å². The SMILES string of the molecule is CC1CN(C(=O)c2ccc(CN)cc2)CCN1CC(F)(F)F. The molecule has 122 valence electrons. The normalized spacial score (nSPS) is 20.2. The van der Waals surface area contributed by atoms with Gasteiger partial charge in [0.2, 0.25) is 0 Å². The average Bonchev–Trinajstić information content (AvgIpc) is 2.47. The zero-order valence-corrected chi connectivity index (χ0v) is 12.4. The number of carbonyl (C=O) groups excluding carboxylic acids is 1. The lowest BCUT2D eigenvalue weighted by Crippen LogP contribution is -2.55. The van der Waals surface area contributed by atoms with E-state index in [1.54, 1.807) is 36.1 Å². The number of nitrogens with zero attached hydrogens (tertiary/aromatic N) is 2. The van der Waals surface area contributed by atoms with Crippen molar-refractivity contribution in [2.24, 2.45) is 5.73 Å². The number of halogens is 3. The molecular weight excluding hydrogens is 295 g/mol. The van der Waals surface area contributed by atoms with E-state index in [1.807, 2.05) is 0 Å². The molecular formula is C15H20F3N3O. The second-order valence-electron chi connectivity index (χ2n) is 5.59. The summed E-state index contributed by atoms with van der Waals surface area (Å²) in [5.41, 5.74) is 6.98. The van der Waals surface area contributed by atoms with Crippen LogP contribution in [0.15, 0.2) is 24.3 Å². The van der Waals surface area contributed by atoms with Gasteiger partial charge in [-0.1, -0.05) is 12.1 Å². The van der Waals surface area contributed by atoms with Crippen LogP contribution in [0.1, 0.15) is 22.8 Å². The topological polar surface area (TPSA) is 49.6 Å². The molecule has 1 amide bonds. The van der Waals surface area contributed by atoms with Crippen LogP contribution in [-0.4, -0.2) is 54.1 Å². The van der Waals surface area contributed by atoms with Crippen LogP contribution in [0.5, 0.6) is 0 Å². The molecule has 22 heavy (non-hydrogen) atoms. The minimum Gasteiger partial charge on any atom is -0.336 e. The summed E-state index contributed by atoms with van der Waals surface area (Å²) < 4.78 is 37.4. The lowest BCUT2D eigenvalue weighted by Gasteiger charge is -2.40. The molecule has 0 spiro atoms. The van der Waals surface area contributed by atoms with Crippen molar-refractivity contribution in [3.8, 4) is 0 Å². The van der Waals surface area contributed by atoms with Crippen molar-refractivity contribution < 1.29 is 18.0 Å². The minimum atomic E-state index is -4.21. The van der Waals surface area contributed by atoms with E-state index in [9.17, 15) is 18.0 Å². The first-order valence-corrected chi connectivity index (χ1v) is 7.19. The molecule has 2 rings (SSSR count). The molecule has 1 aliphatic rings. The number of hydrogen-bond donors (Lipinski definition) is 1. The number of amides is 1. The van der Waals surface area contributed by atoms with Crippen LogP contribution in [0, 0.1) is 0 Å². The van der Waals surface area contributed by atoms with Gasteiger partial charge in [0.1, 0.15) is 0 Å². The molecule has 4 nitrogen and oxygen atoms in total. The molecule has 1 aliphatic heterocycles. The van der Waals surface area contributed by atoms with Gasteiger partial charge >= 0.3 is 6.18 Å². The van der Waals surface area contributed by atoms with Crippen molar-refractivity contribution in [1.82, 2.24) is 9.80 Å². The molecule has 1 unspecified atom stereocenters. The van der Waals surface area contributed by atoms with Gasteiger partial charge in [-0.25, -0.2) is 0 Å². The zero-order valence-electron chi connectivity index (χ0n) is 12.4. The first kappa shape index (κ1) is 16.8. The summed E-state index contributed by atoms with van der Waals surface area (Å²) >= 11 is 0. The summed E-state index contributed by atoms with van der Waals surface area (Å²) in [6.45, 7) is 2.02.